The van der Waals surface area contributed by atoms with Gasteiger partial charge in [-0.2, -0.15) is 4.31 Å². The van der Waals surface area contributed by atoms with Crippen molar-refractivity contribution in [2.45, 2.75) is 17.9 Å². The quantitative estimate of drug-likeness (QED) is 0.558. The van der Waals surface area contributed by atoms with Gasteiger partial charge in [0.2, 0.25) is 15.9 Å². The summed E-state index contributed by atoms with van der Waals surface area (Å²) in [4.78, 5) is 30.7. The van der Waals surface area contributed by atoms with Crippen molar-refractivity contribution in [1.82, 2.24) is 24.1 Å². The Hall–Kier alpha value is -3.57. The molecule has 0 radical (unpaired) electrons. The molecule has 9 nitrogen and oxygen atoms in total. The van der Waals surface area contributed by atoms with Crippen LogP contribution in [0, 0.1) is 5.82 Å². The molecule has 1 aromatic heterocycles. The van der Waals surface area contributed by atoms with Gasteiger partial charge in [-0.1, -0.05) is 18.2 Å². The van der Waals surface area contributed by atoms with Crippen LogP contribution in [0.2, 0.25) is 0 Å². The fourth-order valence-corrected chi connectivity index (χ4v) is 5.48. The van der Waals surface area contributed by atoms with Crippen LogP contribution in [0.5, 0.6) is 0 Å². The van der Waals surface area contributed by atoms with Gasteiger partial charge in [-0.3, -0.25) is 9.59 Å². The van der Waals surface area contributed by atoms with E-state index in [1.54, 1.807) is 41.0 Å². The number of piperazine rings is 1. The SMILES string of the molecule is CC(=O)N1CCN(S(=O)(=O)c2cccc(C(=O)NC(c3ccc(F)cc3)c3nccn3C)c2)CC1. The number of hydrogen-bond acceptors (Lipinski definition) is 5. The Kier molecular flexibility index (Phi) is 6.99. The second kappa shape index (κ2) is 9.96. The summed E-state index contributed by atoms with van der Waals surface area (Å²) in [7, 11) is -2.06. The molecule has 0 aliphatic carbocycles. The number of carbonyl (C=O) groups excluding carboxylic acids is 2. The molecular formula is C24H26FN5O4S. The highest BCUT2D eigenvalue weighted by molar-refractivity contribution is 7.89. The topological polar surface area (TPSA) is 105 Å². The number of benzene rings is 2. The number of rotatable bonds is 6. The second-order valence-electron chi connectivity index (χ2n) is 8.29. The molecule has 1 unspecified atom stereocenters. The molecule has 1 saturated heterocycles. The fourth-order valence-electron chi connectivity index (χ4n) is 4.01. The van der Waals surface area contributed by atoms with E-state index < -0.39 is 27.8 Å². The van der Waals surface area contributed by atoms with Crippen LogP contribution in [0.25, 0.3) is 0 Å². The maximum atomic E-state index is 13.5. The third-order valence-corrected chi connectivity index (χ3v) is 7.91. The fraction of sp³-hybridized carbons (Fsp3) is 0.292. The normalized spacial score (nSPS) is 15.6. The third kappa shape index (κ3) is 5.25. The standard InChI is InChI=1S/C24H26FN5O4S/c1-17(31)29-12-14-30(15-13-29)35(33,34)21-5-3-4-19(16-21)24(32)27-22(23-26-10-11-28(23)2)18-6-8-20(25)9-7-18/h3-11,16,22H,12-15H2,1-2H3,(H,27,32). The maximum Gasteiger partial charge on any atom is 0.252 e. The number of sulfonamides is 1. The van der Waals surface area contributed by atoms with E-state index in [9.17, 15) is 22.4 Å². The monoisotopic (exact) mass is 499 g/mol. The van der Waals surface area contributed by atoms with Gasteiger partial charge in [0.05, 0.1) is 4.90 Å². The predicted octanol–water partition coefficient (Wildman–Crippen LogP) is 1.93. The Morgan fingerprint density at radius 2 is 1.74 bits per heavy atom. The molecule has 35 heavy (non-hydrogen) atoms. The molecule has 184 valence electrons. The van der Waals surface area contributed by atoms with Crippen molar-refractivity contribution >= 4 is 21.8 Å². The average molecular weight is 500 g/mol. The number of nitrogens with zero attached hydrogens (tertiary/aromatic N) is 4. The van der Waals surface area contributed by atoms with Crippen LogP contribution in [-0.4, -0.2) is 65.2 Å². The van der Waals surface area contributed by atoms with Crippen LogP contribution in [-0.2, 0) is 21.9 Å². The lowest BCUT2D eigenvalue weighted by molar-refractivity contribution is -0.129. The van der Waals surface area contributed by atoms with Crippen LogP contribution in [0.1, 0.15) is 34.7 Å². The lowest BCUT2D eigenvalue weighted by Gasteiger charge is -2.33. The van der Waals surface area contributed by atoms with Crippen molar-refractivity contribution in [3.05, 3.63) is 83.7 Å². The highest BCUT2D eigenvalue weighted by Crippen LogP contribution is 2.23. The van der Waals surface area contributed by atoms with E-state index in [-0.39, 0.29) is 29.5 Å². The van der Waals surface area contributed by atoms with E-state index in [4.69, 9.17) is 0 Å². The zero-order valence-electron chi connectivity index (χ0n) is 19.4. The van der Waals surface area contributed by atoms with E-state index in [0.29, 0.717) is 24.5 Å². The van der Waals surface area contributed by atoms with Crippen molar-refractivity contribution in [3.63, 3.8) is 0 Å². The van der Waals surface area contributed by atoms with Gasteiger partial charge in [0.1, 0.15) is 17.7 Å². The number of aromatic nitrogens is 2. The second-order valence-corrected chi connectivity index (χ2v) is 10.2. The molecule has 2 heterocycles. The molecule has 0 saturated carbocycles. The number of imidazole rings is 1. The Balaban J connectivity index is 1.57. The molecule has 4 rings (SSSR count). The predicted molar refractivity (Wildman–Crippen MR) is 126 cm³/mol. The number of aryl methyl sites for hydroxylation is 1. The summed E-state index contributed by atoms with van der Waals surface area (Å²) in [5.74, 6) is -0.456. The molecular weight excluding hydrogens is 473 g/mol. The Labute approximate surface area is 203 Å². The minimum atomic E-state index is -3.85. The zero-order valence-corrected chi connectivity index (χ0v) is 20.2. The number of hydrogen-bond donors (Lipinski definition) is 1. The first-order valence-corrected chi connectivity index (χ1v) is 12.5. The minimum Gasteiger partial charge on any atom is -0.340 e. The highest BCUT2D eigenvalue weighted by Gasteiger charge is 2.30. The number of carbonyl (C=O) groups is 2. The van der Waals surface area contributed by atoms with Gasteiger partial charge >= 0.3 is 0 Å². The summed E-state index contributed by atoms with van der Waals surface area (Å²) < 4.78 is 42.9. The van der Waals surface area contributed by atoms with Gasteiger partial charge in [-0.25, -0.2) is 17.8 Å². The molecule has 0 spiro atoms. The van der Waals surface area contributed by atoms with E-state index in [1.165, 1.54) is 47.6 Å². The number of nitrogens with one attached hydrogen (secondary N) is 1. The van der Waals surface area contributed by atoms with Crippen molar-refractivity contribution in [2.24, 2.45) is 7.05 Å². The Morgan fingerprint density at radius 3 is 2.34 bits per heavy atom. The summed E-state index contributed by atoms with van der Waals surface area (Å²) in [5.41, 5.74) is 0.788. The van der Waals surface area contributed by atoms with Crippen molar-refractivity contribution in [3.8, 4) is 0 Å². The van der Waals surface area contributed by atoms with Crippen LogP contribution in [0.3, 0.4) is 0 Å². The van der Waals surface area contributed by atoms with E-state index in [0.717, 1.165) is 0 Å². The van der Waals surface area contributed by atoms with Crippen molar-refractivity contribution < 1.29 is 22.4 Å². The van der Waals surface area contributed by atoms with Gasteiger partial charge in [0.15, 0.2) is 0 Å². The maximum absolute atomic E-state index is 13.5. The number of halogens is 1. The smallest absolute Gasteiger partial charge is 0.252 e. The van der Waals surface area contributed by atoms with Gasteiger partial charge < -0.3 is 14.8 Å². The lowest BCUT2D eigenvalue weighted by Crippen LogP contribution is -2.49. The van der Waals surface area contributed by atoms with Crippen LogP contribution < -0.4 is 5.32 Å². The molecule has 2 aromatic carbocycles. The summed E-state index contributed by atoms with van der Waals surface area (Å²) in [6.45, 7) is 2.46. The molecule has 3 aromatic rings. The lowest BCUT2D eigenvalue weighted by atomic mass is 10.1. The van der Waals surface area contributed by atoms with Crippen molar-refractivity contribution in [2.75, 3.05) is 26.2 Å². The Morgan fingerprint density at radius 1 is 1.06 bits per heavy atom. The molecule has 1 atom stereocenters. The first-order valence-electron chi connectivity index (χ1n) is 11.1. The van der Waals surface area contributed by atoms with Gasteiger partial charge in [0, 0.05) is 58.1 Å². The molecule has 1 aliphatic rings. The molecule has 0 bridgehead atoms. The first-order chi connectivity index (χ1) is 16.7. The van der Waals surface area contributed by atoms with Gasteiger partial charge in [0.25, 0.3) is 5.91 Å². The van der Waals surface area contributed by atoms with Crippen LogP contribution in [0.4, 0.5) is 4.39 Å². The first kappa shape index (κ1) is 24.6. The molecule has 2 amide bonds. The molecule has 1 fully saturated rings. The zero-order chi connectivity index (χ0) is 25.2. The largest absolute Gasteiger partial charge is 0.340 e. The van der Waals surface area contributed by atoms with Crippen LogP contribution >= 0.6 is 0 Å². The third-order valence-electron chi connectivity index (χ3n) is 6.01. The molecule has 11 heteroatoms. The summed E-state index contributed by atoms with van der Waals surface area (Å²) in [6, 6.07) is 10.9. The summed E-state index contributed by atoms with van der Waals surface area (Å²) in [5, 5.41) is 2.89. The van der Waals surface area contributed by atoms with Gasteiger partial charge in [-0.15, -0.1) is 0 Å². The number of amides is 2. The van der Waals surface area contributed by atoms with E-state index in [1.807, 2.05) is 0 Å². The van der Waals surface area contributed by atoms with Gasteiger partial charge in [-0.05, 0) is 35.9 Å². The molecule has 1 N–H and O–H groups in total. The highest BCUT2D eigenvalue weighted by atomic mass is 32.2. The van der Waals surface area contributed by atoms with E-state index >= 15 is 0 Å². The van der Waals surface area contributed by atoms with Crippen molar-refractivity contribution in [1.29, 1.82) is 0 Å². The minimum absolute atomic E-state index is 0.00301. The summed E-state index contributed by atoms with van der Waals surface area (Å²) >= 11 is 0. The Bertz CT molecular complexity index is 1330. The average Bonchev–Trinajstić information content (AvgIpc) is 3.28. The van der Waals surface area contributed by atoms with Crippen LogP contribution in [0.15, 0.2) is 65.8 Å². The molecule has 1 aliphatic heterocycles. The summed E-state index contributed by atoms with van der Waals surface area (Å²) in [6.07, 6.45) is 3.33. The van der Waals surface area contributed by atoms with E-state index in [2.05, 4.69) is 10.3 Å².